The second-order valence-corrected chi connectivity index (χ2v) is 7.51. The minimum atomic E-state index is -3.32. The van der Waals surface area contributed by atoms with Crippen molar-refractivity contribution < 1.29 is 8.42 Å². The summed E-state index contributed by atoms with van der Waals surface area (Å²) in [7, 11) is -3.32. The van der Waals surface area contributed by atoms with Crippen LogP contribution in [0.15, 0.2) is 30.3 Å². The molecule has 1 heterocycles. The highest BCUT2D eigenvalue weighted by molar-refractivity contribution is 7.92. The first-order chi connectivity index (χ1) is 10.4. The Morgan fingerprint density at radius 3 is 2.59 bits per heavy atom. The van der Waals surface area contributed by atoms with E-state index in [1.165, 1.54) is 0 Å². The SMILES string of the molecule is CCCCS(=O)(=O)Nc1cc(C)n(Cc2ccc(Cl)cc2)n1. The van der Waals surface area contributed by atoms with Crippen molar-refractivity contribution in [3.05, 3.63) is 46.6 Å². The van der Waals surface area contributed by atoms with Crippen LogP contribution in [0.4, 0.5) is 5.82 Å². The number of unbranched alkanes of at least 4 members (excludes halogenated alkanes) is 1. The van der Waals surface area contributed by atoms with E-state index < -0.39 is 10.0 Å². The van der Waals surface area contributed by atoms with E-state index in [0.717, 1.165) is 17.7 Å². The molecule has 5 nitrogen and oxygen atoms in total. The van der Waals surface area contributed by atoms with Crippen molar-refractivity contribution in [3.8, 4) is 0 Å². The molecule has 0 amide bonds. The smallest absolute Gasteiger partial charge is 0.233 e. The van der Waals surface area contributed by atoms with Crippen molar-refractivity contribution in [3.63, 3.8) is 0 Å². The summed E-state index contributed by atoms with van der Waals surface area (Å²) in [5.41, 5.74) is 1.94. The van der Waals surface area contributed by atoms with E-state index in [4.69, 9.17) is 11.6 Å². The van der Waals surface area contributed by atoms with Gasteiger partial charge in [0.2, 0.25) is 10.0 Å². The minimum Gasteiger partial charge on any atom is -0.266 e. The predicted molar refractivity (Wildman–Crippen MR) is 89.8 cm³/mol. The van der Waals surface area contributed by atoms with Crippen molar-refractivity contribution in [1.82, 2.24) is 9.78 Å². The van der Waals surface area contributed by atoms with Gasteiger partial charge in [-0.25, -0.2) is 8.42 Å². The molecule has 22 heavy (non-hydrogen) atoms. The number of sulfonamides is 1. The van der Waals surface area contributed by atoms with Crippen molar-refractivity contribution in [2.75, 3.05) is 10.5 Å². The molecule has 120 valence electrons. The maximum Gasteiger partial charge on any atom is 0.233 e. The summed E-state index contributed by atoms with van der Waals surface area (Å²) in [6.07, 6.45) is 1.48. The molecule has 0 radical (unpaired) electrons. The van der Waals surface area contributed by atoms with E-state index in [9.17, 15) is 8.42 Å². The topological polar surface area (TPSA) is 64.0 Å². The summed E-state index contributed by atoms with van der Waals surface area (Å²) < 4.78 is 28.1. The van der Waals surface area contributed by atoms with Crippen LogP contribution < -0.4 is 4.72 Å². The van der Waals surface area contributed by atoms with Gasteiger partial charge in [0, 0.05) is 16.8 Å². The number of aryl methyl sites for hydroxylation is 1. The number of nitrogens with one attached hydrogen (secondary N) is 1. The maximum absolute atomic E-state index is 11.9. The van der Waals surface area contributed by atoms with E-state index >= 15 is 0 Å². The molecule has 0 aliphatic rings. The van der Waals surface area contributed by atoms with E-state index in [0.29, 0.717) is 23.8 Å². The zero-order valence-electron chi connectivity index (χ0n) is 12.7. The largest absolute Gasteiger partial charge is 0.266 e. The van der Waals surface area contributed by atoms with Gasteiger partial charge in [0.15, 0.2) is 5.82 Å². The molecule has 0 spiro atoms. The van der Waals surface area contributed by atoms with Crippen LogP contribution in [0.2, 0.25) is 5.02 Å². The molecular formula is C15H20ClN3O2S. The highest BCUT2D eigenvalue weighted by Crippen LogP contribution is 2.15. The molecule has 0 aliphatic carbocycles. The average molecular weight is 342 g/mol. The number of aromatic nitrogens is 2. The summed E-state index contributed by atoms with van der Waals surface area (Å²) in [5.74, 6) is 0.481. The average Bonchev–Trinajstić information content (AvgIpc) is 2.78. The number of anilines is 1. The van der Waals surface area contributed by atoms with Crippen LogP contribution in [0.5, 0.6) is 0 Å². The molecule has 2 rings (SSSR count). The molecule has 0 fully saturated rings. The Morgan fingerprint density at radius 2 is 1.95 bits per heavy atom. The highest BCUT2D eigenvalue weighted by Gasteiger charge is 2.13. The van der Waals surface area contributed by atoms with Gasteiger partial charge < -0.3 is 0 Å². The fourth-order valence-electron chi connectivity index (χ4n) is 2.03. The molecule has 0 bridgehead atoms. The van der Waals surface area contributed by atoms with E-state index in [1.807, 2.05) is 38.1 Å². The number of benzene rings is 1. The Labute approximate surface area is 136 Å². The number of rotatable bonds is 7. The molecule has 0 saturated carbocycles. The molecule has 7 heteroatoms. The molecule has 1 aromatic carbocycles. The second kappa shape index (κ2) is 7.15. The third kappa shape index (κ3) is 4.74. The summed E-state index contributed by atoms with van der Waals surface area (Å²) in [6, 6.07) is 9.23. The maximum atomic E-state index is 11.9. The monoisotopic (exact) mass is 341 g/mol. The van der Waals surface area contributed by atoms with Crippen molar-refractivity contribution in [2.45, 2.75) is 33.2 Å². The Morgan fingerprint density at radius 1 is 1.27 bits per heavy atom. The third-order valence-electron chi connectivity index (χ3n) is 3.25. The lowest BCUT2D eigenvalue weighted by molar-refractivity contribution is 0.597. The van der Waals surface area contributed by atoms with E-state index in [-0.39, 0.29) is 5.75 Å². The summed E-state index contributed by atoms with van der Waals surface area (Å²) in [5, 5.41) is 5.00. The molecule has 0 aliphatic heterocycles. The Balaban J connectivity index is 2.09. The number of hydrogen-bond donors (Lipinski definition) is 1. The van der Waals surface area contributed by atoms with Crippen molar-refractivity contribution >= 4 is 27.4 Å². The van der Waals surface area contributed by atoms with Gasteiger partial charge in [-0.3, -0.25) is 9.40 Å². The standard InChI is InChI=1S/C15H20ClN3O2S/c1-3-4-9-22(20,21)18-15-10-12(2)19(17-15)11-13-5-7-14(16)8-6-13/h5-8,10H,3-4,9,11H2,1-2H3,(H,17,18). The molecule has 0 unspecified atom stereocenters. The molecule has 2 aromatic rings. The van der Waals surface area contributed by atoms with Crippen LogP contribution in [0.1, 0.15) is 31.0 Å². The summed E-state index contributed by atoms with van der Waals surface area (Å²) >= 11 is 5.87. The Bertz CT molecular complexity index is 724. The number of halogens is 1. The van der Waals surface area contributed by atoms with Gasteiger partial charge in [-0.15, -0.1) is 0 Å². The predicted octanol–water partition coefficient (Wildman–Crippen LogP) is 3.44. The van der Waals surface area contributed by atoms with Crippen LogP contribution in [0.3, 0.4) is 0 Å². The fourth-order valence-corrected chi connectivity index (χ4v) is 3.34. The van der Waals surface area contributed by atoms with Gasteiger partial charge in [0.25, 0.3) is 0 Å². The molecule has 1 aromatic heterocycles. The Kier molecular flexibility index (Phi) is 5.47. The van der Waals surface area contributed by atoms with Gasteiger partial charge in [-0.1, -0.05) is 37.1 Å². The van der Waals surface area contributed by atoms with E-state index in [2.05, 4.69) is 9.82 Å². The van der Waals surface area contributed by atoms with Crippen LogP contribution in [0.25, 0.3) is 0 Å². The molecular weight excluding hydrogens is 322 g/mol. The van der Waals surface area contributed by atoms with Crippen LogP contribution in [0, 0.1) is 6.92 Å². The molecule has 0 saturated heterocycles. The lowest BCUT2D eigenvalue weighted by Crippen LogP contribution is -2.17. The zero-order valence-corrected chi connectivity index (χ0v) is 14.3. The van der Waals surface area contributed by atoms with E-state index in [1.54, 1.807) is 10.7 Å². The van der Waals surface area contributed by atoms with Crippen LogP contribution >= 0.6 is 11.6 Å². The first-order valence-electron chi connectivity index (χ1n) is 7.19. The summed E-state index contributed by atoms with van der Waals surface area (Å²) in [6.45, 7) is 4.42. The fraction of sp³-hybridized carbons (Fsp3) is 0.400. The normalized spacial score (nSPS) is 11.6. The lowest BCUT2D eigenvalue weighted by atomic mass is 10.2. The van der Waals surface area contributed by atoms with Crippen molar-refractivity contribution in [2.24, 2.45) is 0 Å². The quantitative estimate of drug-likeness (QED) is 0.839. The first-order valence-corrected chi connectivity index (χ1v) is 9.22. The van der Waals surface area contributed by atoms with Gasteiger partial charge in [-0.2, -0.15) is 5.10 Å². The van der Waals surface area contributed by atoms with Crippen molar-refractivity contribution in [1.29, 1.82) is 0 Å². The Hall–Kier alpha value is -1.53. The molecule has 1 N–H and O–H groups in total. The first kappa shape index (κ1) is 16.8. The van der Waals surface area contributed by atoms with Gasteiger partial charge >= 0.3 is 0 Å². The van der Waals surface area contributed by atoms with Crippen LogP contribution in [-0.2, 0) is 16.6 Å². The van der Waals surface area contributed by atoms with Gasteiger partial charge in [-0.05, 0) is 31.0 Å². The second-order valence-electron chi connectivity index (χ2n) is 5.23. The molecule has 0 atom stereocenters. The summed E-state index contributed by atoms with van der Waals surface area (Å²) in [4.78, 5) is 0. The third-order valence-corrected chi connectivity index (χ3v) is 4.85. The zero-order chi connectivity index (χ0) is 16.2. The van der Waals surface area contributed by atoms with Gasteiger partial charge in [0.05, 0.1) is 12.3 Å². The van der Waals surface area contributed by atoms with Crippen LogP contribution in [-0.4, -0.2) is 24.0 Å². The lowest BCUT2D eigenvalue weighted by Gasteiger charge is -2.05. The highest BCUT2D eigenvalue weighted by atomic mass is 35.5. The minimum absolute atomic E-state index is 0.118. The van der Waals surface area contributed by atoms with Gasteiger partial charge in [0.1, 0.15) is 0 Å². The number of nitrogens with zero attached hydrogens (tertiary/aromatic N) is 2. The number of hydrogen-bond acceptors (Lipinski definition) is 3.